The third kappa shape index (κ3) is 2.76. The number of anilines is 1. The molecule has 1 amide bonds. The molecule has 0 radical (unpaired) electrons. The van der Waals surface area contributed by atoms with Crippen molar-refractivity contribution in [3.63, 3.8) is 0 Å². The van der Waals surface area contributed by atoms with E-state index >= 15 is 0 Å². The van der Waals surface area contributed by atoms with Crippen LogP contribution in [0, 0.1) is 5.92 Å². The van der Waals surface area contributed by atoms with Gasteiger partial charge in [0, 0.05) is 32.2 Å². The van der Waals surface area contributed by atoms with E-state index in [1.54, 1.807) is 11.1 Å². The molecule has 6 nitrogen and oxygen atoms in total. The minimum atomic E-state index is -0.113. The Morgan fingerprint density at radius 1 is 1.61 bits per heavy atom. The quantitative estimate of drug-likeness (QED) is 0.807. The van der Waals surface area contributed by atoms with E-state index in [1.165, 1.54) is 6.20 Å². The van der Waals surface area contributed by atoms with Gasteiger partial charge in [-0.2, -0.15) is 0 Å². The van der Waals surface area contributed by atoms with Crippen LogP contribution in [0.3, 0.4) is 0 Å². The predicted octanol–water partition coefficient (Wildman–Crippen LogP) is 0.363. The van der Waals surface area contributed by atoms with Crippen molar-refractivity contribution in [3.8, 4) is 0 Å². The number of carbonyl (C=O) groups excluding carboxylic acids is 1. The summed E-state index contributed by atoms with van der Waals surface area (Å²) in [7, 11) is 0. The highest BCUT2D eigenvalue weighted by Crippen LogP contribution is 2.17. The molecule has 0 bridgehead atoms. The molecule has 2 rings (SSSR count). The Kier molecular flexibility index (Phi) is 4.09. The summed E-state index contributed by atoms with van der Waals surface area (Å²) in [5.74, 6) is 0.693. The summed E-state index contributed by atoms with van der Waals surface area (Å²) in [6, 6.07) is 0. The number of rotatable bonds is 4. The first-order chi connectivity index (χ1) is 8.74. The Balaban J connectivity index is 2.07. The molecule has 1 aliphatic rings. The molecule has 98 valence electrons. The van der Waals surface area contributed by atoms with E-state index in [0.29, 0.717) is 24.6 Å². The maximum absolute atomic E-state index is 12.2. The van der Waals surface area contributed by atoms with Crippen LogP contribution in [0.4, 0.5) is 5.82 Å². The number of aromatic nitrogens is 2. The summed E-state index contributed by atoms with van der Waals surface area (Å²) in [6.45, 7) is 4.11. The molecule has 1 fully saturated rings. The molecule has 0 aliphatic carbocycles. The highest BCUT2D eigenvalue weighted by molar-refractivity contribution is 5.92. The van der Waals surface area contributed by atoms with Crippen LogP contribution in [0.25, 0.3) is 0 Å². The largest absolute Gasteiger partial charge is 0.396 e. The van der Waals surface area contributed by atoms with Gasteiger partial charge in [0.2, 0.25) is 0 Å². The van der Waals surface area contributed by atoms with Gasteiger partial charge in [-0.15, -0.1) is 0 Å². The van der Waals surface area contributed by atoms with Crippen LogP contribution < -0.4 is 5.32 Å². The summed E-state index contributed by atoms with van der Waals surface area (Å²) in [6.07, 6.45) is 3.93. The zero-order valence-electron chi connectivity index (χ0n) is 10.5. The van der Waals surface area contributed by atoms with E-state index < -0.39 is 0 Å². The third-order valence-electron chi connectivity index (χ3n) is 3.04. The van der Waals surface area contributed by atoms with Crippen molar-refractivity contribution in [2.45, 2.75) is 13.3 Å². The van der Waals surface area contributed by atoms with Crippen LogP contribution in [0.2, 0.25) is 0 Å². The minimum absolute atomic E-state index is 0.113. The highest BCUT2D eigenvalue weighted by atomic mass is 16.3. The number of aliphatic hydroxyl groups is 1. The molecule has 0 spiro atoms. The lowest BCUT2D eigenvalue weighted by molar-refractivity contribution is 0.0775. The fraction of sp³-hybridized carbons (Fsp3) is 0.583. The first-order valence-corrected chi connectivity index (χ1v) is 6.20. The Labute approximate surface area is 106 Å². The van der Waals surface area contributed by atoms with E-state index in [-0.39, 0.29) is 18.4 Å². The van der Waals surface area contributed by atoms with Crippen molar-refractivity contribution in [3.05, 3.63) is 18.1 Å². The fourth-order valence-corrected chi connectivity index (χ4v) is 2.06. The third-order valence-corrected chi connectivity index (χ3v) is 3.04. The van der Waals surface area contributed by atoms with E-state index in [9.17, 15) is 4.79 Å². The van der Waals surface area contributed by atoms with Crippen molar-refractivity contribution in [1.29, 1.82) is 0 Å². The second-order valence-corrected chi connectivity index (χ2v) is 4.41. The molecule has 1 atom stereocenters. The second-order valence-electron chi connectivity index (χ2n) is 4.41. The van der Waals surface area contributed by atoms with Gasteiger partial charge in [-0.3, -0.25) is 9.78 Å². The van der Waals surface area contributed by atoms with E-state index in [1.807, 2.05) is 6.92 Å². The number of likely N-dealkylation sites (tertiary alicyclic amines) is 1. The van der Waals surface area contributed by atoms with Gasteiger partial charge >= 0.3 is 0 Å². The van der Waals surface area contributed by atoms with Crippen LogP contribution in [-0.2, 0) is 0 Å². The van der Waals surface area contributed by atoms with Gasteiger partial charge in [-0.25, -0.2) is 4.98 Å². The number of hydrogen-bond donors (Lipinski definition) is 2. The molecule has 1 aromatic heterocycles. The van der Waals surface area contributed by atoms with Crippen LogP contribution in [-0.4, -0.2) is 52.1 Å². The van der Waals surface area contributed by atoms with Crippen LogP contribution in [0.5, 0.6) is 0 Å². The number of nitrogens with zero attached hydrogens (tertiary/aromatic N) is 3. The smallest absolute Gasteiger partial charge is 0.274 e. The zero-order valence-corrected chi connectivity index (χ0v) is 10.5. The number of nitrogens with one attached hydrogen (secondary N) is 1. The van der Waals surface area contributed by atoms with E-state index in [2.05, 4.69) is 15.3 Å². The molecule has 18 heavy (non-hydrogen) atoms. The number of carbonyl (C=O) groups is 1. The molecule has 0 saturated carbocycles. The topological polar surface area (TPSA) is 78.4 Å². The summed E-state index contributed by atoms with van der Waals surface area (Å²) < 4.78 is 0. The first-order valence-electron chi connectivity index (χ1n) is 6.20. The van der Waals surface area contributed by atoms with Crippen molar-refractivity contribution in [2.75, 3.05) is 31.6 Å². The average Bonchev–Trinajstić information content (AvgIpc) is 2.87. The van der Waals surface area contributed by atoms with Crippen LogP contribution >= 0.6 is 0 Å². The number of aliphatic hydroxyl groups excluding tert-OH is 1. The molecular formula is C12H18N4O2. The van der Waals surface area contributed by atoms with Gasteiger partial charge in [0.05, 0.1) is 12.4 Å². The molecule has 6 heteroatoms. The van der Waals surface area contributed by atoms with Crippen molar-refractivity contribution < 1.29 is 9.90 Å². The van der Waals surface area contributed by atoms with Crippen molar-refractivity contribution >= 4 is 11.7 Å². The van der Waals surface area contributed by atoms with Gasteiger partial charge < -0.3 is 15.3 Å². The van der Waals surface area contributed by atoms with Gasteiger partial charge in [0.25, 0.3) is 5.91 Å². The molecule has 1 saturated heterocycles. The van der Waals surface area contributed by atoms with Crippen molar-refractivity contribution in [2.24, 2.45) is 5.92 Å². The molecule has 2 heterocycles. The van der Waals surface area contributed by atoms with E-state index in [4.69, 9.17) is 5.11 Å². The summed E-state index contributed by atoms with van der Waals surface area (Å²) in [5, 5.41) is 12.1. The van der Waals surface area contributed by atoms with Gasteiger partial charge in [0.1, 0.15) is 11.5 Å². The second kappa shape index (κ2) is 5.77. The first kappa shape index (κ1) is 12.8. The Hall–Kier alpha value is -1.69. The standard InChI is InChI=1S/C12H18N4O2/c1-2-14-11-6-13-5-10(15-11)12(18)16-4-3-9(7-16)8-17/h5-6,9,17H,2-4,7-8H2,1H3,(H,14,15). The molecule has 0 aromatic carbocycles. The molecule has 1 aromatic rings. The summed E-state index contributed by atoms with van der Waals surface area (Å²) in [5.41, 5.74) is 0.354. The lowest BCUT2D eigenvalue weighted by atomic mass is 10.1. The lowest BCUT2D eigenvalue weighted by Crippen LogP contribution is -2.30. The van der Waals surface area contributed by atoms with E-state index in [0.717, 1.165) is 13.0 Å². The number of hydrogen-bond acceptors (Lipinski definition) is 5. The molecular weight excluding hydrogens is 232 g/mol. The minimum Gasteiger partial charge on any atom is -0.396 e. The zero-order chi connectivity index (χ0) is 13.0. The lowest BCUT2D eigenvalue weighted by Gasteiger charge is -2.15. The van der Waals surface area contributed by atoms with Gasteiger partial charge in [-0.1, -0.05) is 0 Å². The Bertz CT molecular complexity index is 424. The fourth-order valence-electron chi connectivity index (χ4n) is 2.06. The molecule has 1 unspecified atom stereocenters. The molecule has 2 N–H and O–H groups in total. The highest BCUT2D eigenvalue weighted by Gasteiger charge is 2.27. The van der Waals surface area contributed by atoms with Gasteiger partial charge in [0.15, 0.2) is 0 Å². The summed E-state index contributed by atoms with van der Waals surface area (Å²) in [4.78, 5) is 22.1. The maximum atomic E-state index is 12.2. The van der Waals surface area contributed by atoms with Crippen LogP contribution in [0.1, 0.15) is 23.8 Å². The average molecular weight is 250 g/mol. The van der Waals surface area contributed by atoms with Gasteiger partial charge in [-0.05, 0) is 13.3 Å². The Morgan fingerprint density at radius 2 is 2.44 bits per heavy atom. The summed E-state index contributed by atoms with van der Waals surface area (Å²) >= 11 is 0. The van der Waals surface area contributed by atoms with Crippen LogP contribution in [0.15, 0.2) is 12.4 Å². The van der Waals surface area contributed by atoms with Crippen molar-refractivity contribution in [1.82, 2.24) is 14.9 Å². The monoisotopic (exact) mass is 250 g/mol. The Morgan fingerprint density at radius 3 is 3.11 bits per heavy atom. The SMILES string of the molecule is CCNc1cncc(C(=O)N2CCC(CO)C2)n1. The number of amides is 1. The molecule has 1 aliphatic heterocycles. The predicted molar refractivity (Wildman–Crippen MR) is 67.3 cm³/mol. The maximum Gasteiger partial charge on any atom is 0.274 e. The normalized spacial score (nSPS) is 19.0.